The zero-order valence-electron chi connectivity index (χ0n) is 12.5. The average Bonchev–Trinajstić information content (AvgIpc) is 2.95. The molecule has 0 spiro atoms. The first kappa shape index (κ1) is 16.9. The molecule has 1 atom stereocenters. The lowest BCUT2D eigenvalue weighted by molar-refractivity contribution is 0.180. The second-order valence-electron chi connectivity index (χ2n) is 5.41. The lowest BCUT2D eigenvalue weighted by atomic mass is 10.1. The van der Waals surface area contributed by atoms with Crippen molar-refractivity contribution in [2.45, 2.75) is 24.7 Å². The molecule has 1 aromatic carbocycles. The average molecular weight is 326 g/mol. The Bertz CT molecular complexity index is 664. The molecule has 5 nitrogen and oxygen atoms in total. The van der Waals surface area contributed by atoms with Gasteiger partial charge in [0.2, 0.25) is 10.0 Å². The second kappa shape index (κ2) is 7.18. The fourth-order valence-electron chi connectivity index (χ4n) is 2.54. The van der Waals surface area contributed by atoms with Gasteiger partial charge >= 0.3 is 0 Å². The summed E-state index contributed by atoms with van der Waals surface area (Å²) in [7, 11) is -3.75. The van der Waals surface area contributed by atoms with Crippen molar-refractivity contribution in [2.24, 2.45) is 5.92 Å². The van der Waals surface area contributed by atoms with Gasteiger partial charge in [0.25, 0.3) is 0 Å². The van der Waals surface area contributed by atoms with Crippen LogP contribution in [0.2, 0.25) is 0 Å². The summed E-state index contributed by atoms with van der Waals surface area (Å²) in [6.45, 7) is 3.18. The summed E-state index contributed by atoms with van der Waals surface area (Å²) < 4.78 is 45.4. The third-order valence-corrected chi connectivity index (χ3v) is 5.74. The number of sulfonamides is 1. The summed E-state index contributed by atoms with van der Waals surface area (Å²) in [4.78, 5) is 0.0887. The molecule has 22 heavy (non-hydrogen) atoms. The van der Waals surface area contributed by atoms with Gasteiger partial charge in [-0.25, -0.2) is 12.8 Å². The lowest BCUT2D eigenvalue weighted by Crippen LogP contribution is -2.36. The van der Waals surface area contributed by atoms with Crippen LogP contribution in [0.4, 0.5) is 4.39 Å². The highest BCUT2D eigenvalue weighted by atomic mass is 32.2. The van der Waals surface area contributed by atoms with Gasteiger partial charge in [-0.2, -0.15) is 9.57 Å². The summed E-state index contributed by atoms with van der Waals surface area (Å²) in [6, 6.07) is 5.60. The van der Waals surface area contributed by atoms with E-state index in [2.05, 4.69) is 0 Å². The van der Waals surface area contributed by atoms with Gasteiger partial charge in [-0.3, -0.25) is 0 Å². The van der Waals surface area contributed by atoms with Gasteiger partial charge in [-0.05, 0) is 43.0 Å². The predicted molar refractivity (Wildman–Crippen MR) is 79.1 cm³/mol. The Kier molecular flexibility index (Phi) is 5.51. The Morgan fingerprint density at radius 3 is 2.86 bits per heavy atom. The van der Waals surface area contributed by atoms with E-state index in [1.54, 1.807) is 6.92 Å². The minimum atomic E-state index is -3.75. The van der Waals surface area contributed by atoms with Gasteiger partial charge in [0.05, 0.1) is 17.6 Å². The largest absolute Gasteiger partial charge is 0.381 e. The van der Waals surface area contributed by atoms with Crippen LogP contribution < -0.4 is 0 Å². The number of hydrogen-bond donors (Lipinski definition) is 0. The van der Waals surface area contributed by atoms with Crippen LogP contribution in [-0.4, -0.2) is 39.0 Å². The second-order valence-corrected chi connectivity index (χ2v) is 7.32. The maximum absolute atomic E-state index is 13.2. The summed E-state index contributed by atoms with van der Waals surface area (Å²) in [5.41, 5.74) is 0.365. The van der Waals surface area contributed by atoms with Gasteiger partial charge in [0.15, 0.2) is 0 Å². The minimum absolute atomic E-state index is 0.0887. The zero-order chi connectivity index (χ0) is 16.2. The molecule has 1 heterocycles. The van der Waals surface area contributed by atoms with Crippen molar-refractivity contribution in [2.75, 3.05) is 26.3 Å². The maximum atomic E-state index is 13.2. The topological polar surface area (TPSA) is 70.4 Å². The van der Waals surface area contributed by atoms with E-state index in [-0.39, 0.29) is 23.8 Å². The van der Waals surface area contributed by atoms with Crippen LogP contribution in [0.15, 0.2) is 23.1 Å². The molecule has 7 heteroatoms. The first-order valence-electron chi connectivity index (χ1n) is 7.16. The van der Waals surface area contributed by atoms with Gasteiger partial charge in [-0.15, -0.1) is 0 Å². The summed E-state index contributed by atoms with van der Waals surface area (Å²) in [5.74, 6) is -0.335. The predicted octanol–water partition coefficient (Wildman–Crippen LogP) is 2.08. The molecule has 1 aliphatic heterocycles. The third-order valence-electron chi connectivity index (χ3n) is 3.71. The Balaban J connectivity index is 2.28. The van der Waals surface area contributed by atoms with Crippen LogP contribution in [-0.2, 0) is 14.8 Å². The van der Waals surface area contributed by atoms with Gasteiger partial charge in [-0.1, -0.05) is 0 Å². The number of benzene rings is 1. The van der Waals surface area contributed by atoms with Gasteiger partial charge in [0.1, 0.15) is 5.82 Å². The number of halogens is 1. The molecule has 0 N–H and O–H groups in total. The van der Waals surface area contributed by atoms with Crippen molar-refractivity contribution in [3.05, 3.63) is 29.6 Å². The molecule has 1 aromatic rings. The normalized spacial score (nSPS) is 18.5. The smallest absolute Gasteiger partial charge is 0.243 e. The van der Waals surface area contributed by atoms with Crippen LogP contribution >= 0.6 is 0 Å². The van der Waals surface area contributed by atoms with Gasteiger partial charge in [0, 0.05) is 26.1 Å². The Labute approximate surface area is 130 Å². The molecular weight excluding hydrogens is 307 g/mol. The summed E-state index contributed by atoms with van der Waals surface area (Å²) in [6.07, 6.45) is 0.925. The molecule has 2 rings (SSSR count). The fraction of sp³-hybridized carbons (Fsp3) is 0.533. The van der Waals surface area contributed by atoms with E-state index in [4.69, 9.17) is 10.00 Å². The first-order chi connectivity index (χ1) is 10.4. The number of hydrogen-bond acceptors (Lipinski definition) is 4. The maximum Gasteiger partial charge on any atom is 0.243 e. The minimum Gasteiger partial charge on any atom is -0.381 e. The molecule has 0 amide bonds. The molecule has 1 aliphatic rings. The third kappa shape index (κ3) is 3.83. The highest BCUT2D eigenvalue weighted by molar-refractivity contribution is 7.89. The number of ether oxygens (including phenoxy) is 1. The van der Waals surface area contributed by atoms with E-state index in [1.807, 2.05) is 6.07 Å². The van der Waals surface area contributed by atoms with Crippen LogP contribution in [0.25, 0.3) is 0 Å². The summed E-state index contributed by atoms with van der Waals surface area (Å²) in [5, 5.41) is 8.76. The van der Waals surface area contributed by atoms with E-state index in [0.717, 1.165) is 12.5 Å². The Morgan fingerprint density at radius 1 is 1.50 bits per heavy atom. The van der Waals surface area contributed by atoms with Crippen LogP contribution in [0.3, 0.4) is 0 Å². The molecule has 0 bridgehead atoms. The molecule has 1 saturated heterocycles. The van der Waals surface area contributed by atoms with Crippen molar-refractivity contribution in [3.63, 3.8) is 0 Å². The lowest BCUT2D eigenvalue weighted by Gasteiger charge is -2.24. The van der Waals surface area contributed by atoms with Crippen molar-refractivity contribution < 1.29 is 17.5 Å². The Hall–Kier alpha value is -1.49. The van der Waals surface area contributed by atoms with Crippen molar-refractivity contribution >= 4 is 10.0 Å². The number of aryl methyl sites for hydroxylation is 1. The van der Waals surface area contributed by atoms with Crippen molar-refractivity contribution in [1.29, 1.82) is 5.26 Å². The molecule has 0 aliphatic carbocycles. The monoisotopic (exact) mass is 326 g/mol. The van der Waals surface area contributed by atoms with E-state index in [0.29, 0.717) is 25.3 Å². The summed E-state index contributed by atoms with van der Waals surface area (Å²) >= 11 is 0. The first-order valence-corrected chi connectivity index (χ1v) is 8.60. The Morgan fingerprint density at radius 2 is 2.27 bits per heavy atom. The number of nitrogens with zero attached hydrogens (tertiary/aromatic N) is 2. The molecule has 1 unspecified atom stereocenters. The quantitative estimate of drug-likeness (QED) is 0.802. The van der Waals surface area contributed by atoms with Crippen molar-refractivity contribution in [1.82, 2.24) is 4.31 Å². The highest BCUT2D eigenvalue weighted by Gasteiger charge is 2.29. The van der Waals surface area contributed by atoms with E-state index < -0.39 is 15.8 Å². The van der Waals surface area contributed by atoms with Crippen LogP contribution in [0, 0.1) is 30.0 Å². The molecule has 120 valence electrons. The zero-order valence-corrected chi connectivity index (χ0v) is 13.3. The molecule has 0 radical (unpaired) electrons. The molecule has 1 fully saturated rings. The number of rotatable bonds is 6. The van der Waals surface area contributed by atoms with E-state index >= 15 is 0 Å². The van der Waals surface area contributed by atoms with Crippen LogP contribution in [0.5, 0.6) is 0 Å². The standard InChI is InChI=1S/C15H19FN2O3S/c1-12-9-14(16)3-4-15(12)22(19,20)18(7-2-6-17)10-13-5-8-21-11-13/h3-4,9,13H,2,5,7-8,10-11H2,1H3. The van der Waals surface area contributed by atoms with E-state index in [1.165, 1.54) is 16.4 Å². The SMILES string of the molecule is Cc1cc(F)ccc1S(=O)(=O)N(CCC#N)CC1CCOC1. The number of nitriles is 1. The molecule has 0 aromatic heterocycles. The fourth-order valence-corrected chi connectivity index (χ4v) is 4.26. The molecular formula is C15H19FN2O3S. The molecule has 0 saturated carbocycles. The van der Waals surface area contributed by atoms with Crippen LogP contribution in [0.1, 0.15) is 18.4 Å². The van der Waals surface area contributed by atoms with E-state index in [9.17, 15) is 12.8 Å². The van der Waals surface area contributed by atoms with Crippen molar-refractivity contribution in [3.8, 4) is 6.07 Å². The van der Waals surface area contributed by atoms with Gasteiger partial charge < -0.3 is 4.74 Å². The highest BCUT2D eigenvalue weighted by Crippen LogP contribution is 2.24.